The Kier molecular flexibility index (Phi) is 5.23. The minimum absolute atomic E-state index is 0.0263. The monoisotopic (exact) mass is 388 g/mol. The van der Waals surface area contributed by atoms with Gasteiger partial charge < -0.3 is 0 Å². The van der Waals surface area contributed by atoms with Crippen molar-refractivity contribution in [3.8, 4) is 11.3 Å². The van der Waals surface area contributed by atoms with Crippen molar-refractivity contribution in [1.82, 2.24) is 25.0 Å². The number of hydroxylamine groups is 2. The largest absolute Gasteiger partial charge is 0.348 e. The molecule has 0 saturated heterocycles. The number of hydrogen-bond acceptors (Lipinski definition) is 8. The summed E-state index contributed by atoms with van der Waals surface area (Å²) in [5.74, 6) is 0.184. The molecule has 0 aliphatic heterocycles. The second-order valence-electron chi connectivity index (χ2n) is 5.43. The molecule has 2 amide bonds. The van der Waals surface area contributed by atoms with E-state index < -0.39 is 16.1 Å². The maximum absolute atomic E-state index is 12.2. The Hall–Kier alpha value is -3.18. The highest BCUT2D eigenvalue weighted by atomic mass is 32.2. The number of rotatable bonds is 5. The fourth-order valence-electron chi connectivity index (χ4n) is 2.19. The molecule has 0 spiro atoms. The standard InChI is InChI=1S/C16H16N6O4S/c1-3-22(26-27(2,24)25)16(23)21-14-5-4-12-15(20-14)19-13(10-18-12)11-6-8-17-9-7-11/h4-10H,3H2,1-2H3,(H,19,20,21,23). The predicted molar refractivity (Wildman–Crippen MR) is 97.9 cm³/mol. The van der Waals surface area contributed by atoms with Gasteiger partial charge in [0.15, 0.2) is 5.65 Å². The first-order valence-electron chi connectivity index (χ1n) is 7.88. The number of nitrogens with one attached hydrogen (secondary N) is 1. The molecule has 0 aromatic carbocycles. The van der Waals surface area contributed by atoms with Crippen LogP contribution in [-0.4, -0.2) is 52.2 Å². The minimum atomic E-state index is -3.83. The van der Waals surface area contributed by atoms with Crippen LogP contribution < -0.4 is 5.32 Å². The summed E-state index contributed by atoms with van der Waals surface area (Å²) in [6, 6.07) is 6.00. The van der Waals surface area contributed by atoms with E-state index in [0.29, 0.717) is 21.9 Å². The highest BCUT2D eigenvalue weighted by molar-refractivity contribution is 7.85. The zero-order valence-electron chi connectivity index (χ0n) is 14.5. The van der Waals surface area contributed by atoms with Crippen LogP contribution in [0.2, 0.25) is 0 Å². The molecule has 1 N–H and O–H groups in total. The third-order valence-corrected chi connectivity index (χ3v) is 3.81. The highest BCUT2D eigenvalue weighted by Crippen LogP contribution is 2.18. The van der Waals surface area contributed by atoms with Gasteiger partial charge in [0, 0.05) is 24.5 Å². The molecular formula is C16H16N6O4S. The van der Waals surface area contributed by atoms with Crippen LogP contribution in [0.15, 0.2) is 42.9 Å². The molecule has 0 atom stereocenters. The Morgan fingerprint density at radius 3 is 2.59 bits per heavy atom. The van der Waals surface area contributed by atoms with E-state index in [-0.39, 0.29) is 12.4 Å². The van der Waals surface area contributed by atoms with E-state index in [9.17, 15) is 13.2 Å². The second kappa shape index (κ2) is 7.60. The Morgan fingerprint density at radius 1 is 1.19 bits per heavy atom. The molecule has 3 aromatic heterocycles. The van der Waals surface area contributed by atoms with Crippen molar-refractivity contribution in [3.63, 3.8) is 0 Å². The van der Waals surface area contributed by atoms with Gasteiger partial charge in [-0.2, -0.15) is 13.5 Å². The number of aromatic nitrogens is 4. The lowest BCUT2D eigenvalue weighted by Gasteiger charge is -2.18. The van der Waals surface area contributed by atoms with E-state index in [1.807, 2.05) is 0 Å². The number of carbonyl (C=O) groups is 1. The molecule has 0 radical (unpaired) electrons. The number of anilines is 1. The Balaban J connectivity index is 1.86. The van der Waals surface area contributed by atoms with Gasteiger partial charge in [-0.25, -0.2) is 14.8 Å². The van der Waals surface area contributed by atoms with Gasteiger partial charge in [0.05, 0.1) is 18.1 Å². The van der Waals surface area contributed by atoms with Crippen molar-refractivity contribution in [2.45, 2.75) is 6.92 Å². The number of carbonyl (C=O) groups excluding carboxylic acids is 1. The van der Waals surface area contributed by atoms with E-state index in [2.05, 4.69) is 29.5 Å². The van der Waals surface area contributed by atoms with E-state index in [1.54, 1.807) is 43.7 Å². The van der Waals surface area contributed by atoms with Gasteiger partial charge in [-0.15, -0.1) is 4.28 Å². The molecule has 0 unspecified atom stereocenters. The fraction of sp³-hybridized carbons (Fsp3) is 0.188. The lowest BCUT2D eigenvalue weighted by molar-refractivity contribution is 0.00646. The van der Waals surface area contributed by atoms with Crippen molar-refractivity contribution in [1.29, 1.82) is 0 Å². The maximum atomic E-state index is 12.2. The van der Waals surface area contributed by atoms with Crippen LogP contribution >= 0.6 is 0 Å². The van der Waals surface area contributed by atoms with Gasteiger partial charge in [-0.05, 0) is 31.2 Å². The van der Waals surface area contributed by atoms with E-state index in [0.717, 1.165) is 11.8 Å². The number of amides is 2. The summed E-state index contributed by atoms with van der Waals surface area (Å²) in [6.45, 7) is 1.60. The lowest BCUT2D eigenvalue weighted by atomic mass is 10.2. The van der Waals surface area contributed by atoms with Crippen LogP contribution in [0.25, 0.3) is 22.4 Å². The summed E-state index contributed by atoms with van der Waals surface area (Å²) in [6.07, 6.45) is 5.77. The molecular weight excluding hydrogens is 372 g/mol. The zero-order chi connectivity index (χ0) is 19.4. The first-order valence-corrected chi connectivity index (χ1v) is 9.69. The Morgan fingerprint density at radius 2 is 1.93 bits per heavy atom. The van der Waals surface area contributed by atoms with Crippen molar-refractivity contribution in [3.05, 3.63) is 42.9 Å². The smallest absolute Gasteiger partial charge is 0.290 e. The van der Waals surface area contributed by atoms with Crippen molar-refractivity contribution < 1.29 is 17.5 Å². The SMILES string of the molecule is CCN(OS(C)(=O)=O)C(=O)Nc1ccc2ncc(-c3ccncc3)nc2n1. The summed E-state index contributed by atoms with van der Waals surface area (Å²) < 4.78 is 27.1. The number of urea groups is 1. The molecule has 0 fully saturated rings. The normalized spacial score (nSPS) is 11.3. The first kappa shape index (κ1) is 18.6. The number of fused-ring (bicyclic) bond motifs is 1. The Labute approximate surface area is 155 Å². The molecule has 0 aliphatic rings. The average Bonchev–Trinajstić information content (AvgIpc) is 2.65. The van der Waals surface area contributed by atoms with Crippen LogP contribution in [0.5, 0.6) is 0 Å². The van der Waals surface area contributed by atoms with Crippen LogP contribution in [0, 0.1) is 0 Å². The number of nitrogens with zero attached hydrogens (tertiary/aromatic N) is 5. The quantitative estimate of drug-likeness (QED) is 0.656. The molecule has 3 heterocycles. The fourth-order valence-corrected chi connectivity index (χ4v) is 2.69. The summed E-state index contributed by atoms with van der Waals surface area (Å²) in [7, 11) is -3.83. The van der Waals surface area contributed by atoms with Crippen molar-refractivity contribution >= 4 is 33.1 Å². The predicted octanol–water partition coefficient (Wildman–Crippen LogP) is 1.83. The molecule has 11 heteroatoms. The topological polar surface area (TPSA) is 127 Å². The van der Waals surface area contributed by atoms with Crippen LogP contribution in [0.3, 0.4) is 0 Å². The Bertz CT molecular complexity index is 1070. The first-order chi connectivity index (χ1) is 12.9. The summed E-state index contributed by atoms with van der Waals surface area (Å²) in [5, 5.41) is 3.16. The van der Waals surface area contributed by atoms with Gasteiger partial charge in [-0.1, -0.05) is 0 Å². The van der Waals surface area contributed by atoms with Gasteiger partial charge in [0.1, 0.15) is 11.3 Å². The summed E-state index contributed by atoms with van der Waals surface area (Å²) in [4.78, 5) is 29.2. The molecule has 3 rings (SSSR count). The van der Waals surface area contributed by atoms with Crippen LogP contribution in [-0.2, 0) is 14.4 Å². The molecule has 0 aliphatic carbocycles. The van der Waals surface area contributed by atoms with Gasteiger partial charge in [0.2, 0.25) is 0 Å². The third kappa shape index (κ3) is 4.71. The average molecular weight is 388 g/mol. The lowest BCUT2D eigenvalue weighted by Crippen LogP contribution is -2.36. The van der Waals surface area contributed by atoms with E-state index in [1.165, 1.54) is 6.07 Å². The van der Waals surface area contributed by atoms with Crippen LogP contribution in [0.4, 0.5) is 10.6 Å². The molecule has 3 aromatic rings. The van der Waals surface area contributed by atoms with Gasteiger partial charge in [-0.3, -0.25) is 15.3 Å². The van der Waals surface area contributed by atoms with Crippen molar-refractivity contribution in [2.24, 2.45) is 0 Å². The van der Waals surface area contributed by atoms with Gasteiger partial charge in [0.25, 0.3) is 10.1 Å². The summed E-state index contributed by atoms with van der Waals surface area (Å²) in [5.41, 5.74) is 2.31. The molecule has 27 heavy (non-hydrogen) atoms. The molecule has 0 bridgehead atoms. The molecule has 0 saturated carbocycles. The highest BCUT2D eigenvalue weighted by Gasteiger charge is 2.18. The van der Waals surface area contributed by atoms with Crippen molar-refractivity contribution in [2.75, 3.05) is 18.1 Å². The van der Waals surface area contributed by atoms with E-state index in [4.69, 9.17) is 0 Å². The molecule has 10 nitrogen and oxygen atoms in total. The van der Waals surface area contributed by atoms with Crippen LogP contribution in [0.1, 0.15) is 6.92 Å². The number of pyridine rings is 2. The summed E-state index contributed by atoms with van der Waals surface area (Å²) >= 11 is 0. The molecule has 140 valence electrons. The zero-order valence-corrected chi connectivity index (χ0v) is 15.3. The van der Waals surface area contributed by atoms with Gasteiger partial charge >= 0.3 is 6.03 Å². The van der Waals surface area contributed by atoms with E-state index >= 15 is 0 Å². The second-order valence-corrected chi connectivity index (χ2v) is 6.99. The maximum Gasteiger partial charge on any atom is 0.348 e. The third-order valence-electron chi connectivity index (χ3n) is 3.36. The minimum Gasteiger partial charge on any atom is -0.290 e. The number of hydrogen-bond donors (Lipinski definition) is 1.